The third kappa shape index (κ3) is 5.16. The number of ether oxygens (including phenoxy) is 2. The molecule has 0 saturated heterocycles. The first-order valence-corrected chi connectivity index (χ1v) is 8.45. The van der Waals surface area contributed by atoms with Crippen LogP contribution in [0.15, 0.2) is 60.9 Å². The molecular formula is C20H14F4N2O4. The van der Waals surface area contributed by atoms with Crippen LogP contribution in [0.2, 0.25) is 0 Å². The van der Waals surface area contributed by atoms with E-state index in [1.54, 1.807) is 0 Å². The molecule has 156 valence electrons. The van der Waals surface area contributed by atoms with E-state index < -0.39 is 29.4 Å². The first-order chi connectivity index (χ1) is 14.1. The normalized spacial score (nSPS) is 11.1. The second-order valence-corrected chi connectivity index (χ2v) is 6.10. The first-order valence-electron chi connectivity index (χ1n) is 8.45. The summed E-state index contributed by atoms with van der Waals surface area (Å²) in [4.78, 5) is 12.6. The van der Waals surface area contributed by atoms with Crippen LogP contribution >= 0.6 is 0 Å². The van der Waals surface area contributed by atoms with E-state index in [2.05, 4.69) is 10.1 Å². The highest BCUT2D eigenvalue weighted by molar-refractivity contribution is 6.06. The number of rotatable bonds is 5. The number of pyridine rings is 1. The largest absolute Gasteiger partial charge is 0.619 e. The number of aromatic nitrogens is 1. The van der Waals surface area contributed by atoms with Crippen molar-refractivity contribution in [2.24, 2.45) is 0 Å². The summed E-state index contributed by atoms with van der Waals surface area (Å²) < 4.78 is 61.2. The molecule has 0 saturated carbocycles. The molecule has 1 N–H and O–H groups in total. The van der Waals surface area contributed by atoms with E-state index in [-0.39, 0.29) is 22.7 Å². The number of carbonyl (C=O) groups is 1. The van der Waals surface area contributed by atoms with Crippen molar-refractivity contribution in [3.05, 3.63) is 83.1 Å². The van der Waals surface area contributed by atoms with Crippen LogP contribution in [0.4, 0.5) is 23.2 Å². The molecule has 1 amide bonds. The van der Waals surface area contributed by atoms with Crippen molar-refractivity contribution >= 4 is 11.6 Å². The van der Waals surface area contributed by atoms with Crippen LogP contribution in [0.5, 0.6) is 17.2 Å². The molecule has 0 aliphatic heterocycles. The number of hydrogen-bond acceptors (Lipinski definition) is 4. The lowest BCUT2D eigenvalue weighted by atomic mass is 10.1. The maximum absolute atomic E-state index is 14.7. The molecule has 0 aliphatic carbocycles. The zero-order valence-electron chi connectivity index (χ0n) is 15.4. The van der Waals surface area contributed by atoms with Gasteiger partial charge in [-0.05, 0) is 48.9 Å². The van der Waals surface area contributed by atoms with Crippen LogP contribution in [0.3, 0.4) is 0 Å². The molecule has 0 atom stereocenters. The second kappa shape index (κ2) is 8.27. The lowest BCUT2D eigenvalue weighted by molar-refractivity contribution is -0.604. The van der Waals surface area contributed by atoms with E-state index in [1.807, 2.05) is 0 Å². The highest BCUT2D eigenvalue weighted by Gasteiger charge is 2.31. The van der Waals surface area contributed by atoms with Crippen molar-refractivity contribution in [3.8, 4) is 17.2 Å². The molecule has 0 radical (unpaired) electrons. The second-order valence-electron chi connectivity index (χ2n) is 6.10. The topological polar surface area (TPSA) is 74.5 Å². The maximum atomic E-state index is 14.7. The summed E-state index contributed by atoms with van der Waals surface area (Å²) in [5, 5.41) is 13.7. The summed E-state index contributed by atoms with van der Waals surface area (Å²) in [6, 6.07) is 9.98. The summed E-state index contributed by atoms with van der Waals surface area (Å²) in [6.45, 7) is 1.45. The number of nitrogens with one attached hydrogen (secondary N) is 1. The fourth-order valence-corrected chi connectivity index (χ4v) is 2.52. The molecule has 3 rings (SSSR count). The van der Waals surface area contributed by atoms with E-state index in [0.29, 0.717) is 4.73 Å². The standard InChI is InChI=1S/C20H14F4N2O4/c1-12-4-9-16(29-14-5-7-15(8-6-14)30-20(22,23)24)17(18(12)21)19(27)25-13-3-2-10-26(28)11-13/h2-11H,1H3,(H,25,27). The summed E-state index contributed by atoms with van der Waals surface area (Å²) in [7, 11) is 0. The Kier molecular flexibility index (Phi) is 5.77. The first kappa shape index (κ1) is 20.9. The van der Waals surface area contributed by atoms with Gasteiger partial charge < -0.3 is 20.0 Å². The predicted octanol–water partition coefficient (Wildman–Crippen LogP) is 4.71. The maximum Gasteiger partial charge on any atom is 0.573 e. The van der Waals surface area contributed by atoms with Gasteiger partial charge in [0.25, 0.3) is 5.91 Å². The lowest BCUT2D eigenvalue weighted by Gasteiger charge is -2.14. The van der Waals surface area contributed by atoms with E-state index in [9.17, 15) is 27.6 Å². The smallest absolute Gasteiger partial charge is 0.573 e. The molecule has 30 heavy (non-hydrogen) atoms. The molecule has 0 aliphatic rings. The Labute approximate surface area is 167 Å². The van der Waals surface area contributed by atoms with E-state index in [0.717, 1.165) is 18.3 Å². The van der Waals surface area contributed by atoms with Crippen LogP contribution in [-0.4, -0.2) is 12.3 Å². The van der Waals surface area contributed by atoms with Crippen molar-refractivity contribution in [2.75, 3.05) is 5.32 Å². The van der Waals surface area contributed by atoms with Gasteiger partial charge in [0.2, 0.25) is 6.20 Å². The number of aryl methyl sites for hydroxylation is 1. The number of anilines is 1. The van der Waals surface area contributed by atoms with Gasteiger partial charge in [0.1, 0.15) is 34.3 Å². The third-order valence-electron chi connectivity index (χ3n) is 3.84. The van der Waals surface area contributed by atoms with Gasteiger partial charge in [-0.2, -0.15) is 4.73 Å². The number of nitrogens with zero attached hydrogens (tertiary/aromatic N) is 1. The molecule has 0 unspecified atom stereocenters. The van der Waals surface area contributed by atoms with Gasteiger partial charge in [-0.3, -0.25) is 4.79 Å². The number of hydrogen-bond donors (Lipinski definition) is 1. The molecule has 1 aromatic heterocycles. The van der Waals surface area contributed by atoms with Crippen molar-refractivity contribution < 1.29 is 36.6 Å². The molecule has 3 aromatic rings. The summed E-state index contributed by atoms with van der Waals surface area (Å²) in [6.07, 6.45) is -2.54. The molecule has 1 heterocycles. The third-order valence-corrected chi connectivity index (χ3v) is 3.84. The van der Waals surface area contributed by atoms with Crippen molar-refractivity contribution in [1.29, 1.82) is 0 Å². The summed E-state index contributed by atoms with van der Waals surface area (Å²) in [5.41, 5.74) is -0.113. The highest BCUT2D eigenvalue weighted by Crippen LogP contribution is 2.31. The number of alkyl halides is 3. The van der Waals surface area contributed by atoms with Gasteiger partial charge in [-0.25, -0.2) is 4.39 Å². The Balaban J connectivity index is 1.87. The van der Waals surface area contributed by atoms with Crippen LogP contribution in [-0.2, 0) is 0 Å². The molecule has 0 fully saturated rings. The van der Waals surface area contributed by atoms with Crippen molar-refractivity contribution in [2.45, 2.75) is 13.3 Å². The quantitative estimate of drug-likeness (QED) is 0.367. The zero-order chi connectivity index (χ0) is 21.9. The summed E-state index contributed by atoms with van der Waals surface area (Å²) >= 11 is 0. The monoisotopic (exact) mass is 422 g/mol. The van der Waals surface area contributed by atoms with Crippen molar-refractivity contribution in [1.82, 2.24) is 0 Å². The van der Waals surface area contributed by atoms with E-state index in [4.69, 9.17) is 4.74 Å². The number of amides is 1. The Bertz CT molecular complexity index is 1070. The average molecular weight is 422 g/mol. The minimum absolute atomic E-state index is 0.0546. The molecular weight excluding hydrogens is 408 g/mol. The molecule has 0 bridgehead atoms. The lowest BCUT2D eigenvalue weighted by Crippen LogP contribution is -2.26. The highest BCUT2D eigenvalue weighted by atomic mass is 19.4. The Morgan fingerprint density at radius 3 is 2.37 bits per heavy atom. The number of carbonyl (C=O) groups excluding carboxylic acids is 1. The molecule has 0 spiro atoms. The average Bonchev–Trinajstić information content (AvgIpc) is 2.65. The Morgan fingerprint density at radius 1 is 1.07 bits per heavy atom. The molecule has 2 aromatic carbocycles. The van der Waals surface area contributed by atoms with Gasteiger partial charge in [0.15, 0.2) is 6.20 Å². The van der Waals surface area contributed by atoms with Crippen LogP contribution in [0.1, 0.15) is 15.9 Å². The Morgan fingerprint density at radius 2 is 1.73 bits per heavy atom. The van der Waals surface area contributed by atoms with E-state index in [1.165, 1.54) is 49.5 Å². The zero-order valence-corrected chi connectivity index (χ0v) is 15.4. The van der Waals surface area contributed by atoms with Gasteiger partial charge >= 0.3 is 6.36 Å². The van der Waals surface area contributed by atoms with Crippen molar-refractivity contribution in [3.63, 3.8) is 0 Å². The minimum Gasteiger partial charge on any atom is -0.619 e. The number of halogens is 4. The fourth-order valence-electron chi connectivity index (χ4n) is 2.52. The van der Waals surface area contributed by atoms with E-state index >= 15 is 0 Å². The van der Waals surface area contributed by atoms with Crippen LogP contribution in [0.25, 0.3) is 0 Å². The van der Waals surface area contributed by atoms with Gasteiger partial charge in [0, 0.05) is 6.07 Å². The van der Waals surface area contributed by atoms with Gasteiger partial charge in [-0.1, -0.05) is 6.07 Å². The molecule has 6 nitrogen and oxygen atoms in total. The number of benzene rings is 2. The predicted molar refractivity (Wildman–Crippen MR) is 97.7 cm³/mol. The van der Waals surface area contributed by atoms with Crippen LogP contribution < -0.4 is 19.5 Å². The van der Waals surface area contributed by atoms with Crippen LogP contribution in [0, 0.1) is 17.9 Å². The Hall–Kier alpha value is -3.82. The van der Waals surface area contributed by atoms with Gasteiger partial charge in [-0.15, -0.1) is 13.2 Å². The summed E-state index contributed by atoms with van der Waals surface area (Å²) in [5.74, 6) is -2.27. The fraction of sp³-hybridized carbons (Fsp3) is 0.100. The molecule has 10 heteroatoms. The van der Waals surface area contributed by atoms with Gasteiger partial charge in [0.05, 0.1) is 0 Å². The SMILES string of the molecule is Cc1ccc(Oc2ccc(OC(F)(F)F)cc2)c(C(=O)Nc2ccc[n+]([O-])c2)c1F. The minimum atomic E-state index is -4.84.